The first-order valence-electron chi connectivity index (χ1n) is 5.39. The summed E-state index contributed by atoms with van der Waals surface area (Å²) in [7, 11) is 0. The highest BCUT2D eigenvalue weighted by Gasteiger charge is 2.49. The molecule has 0 saturated carbocycles. The third-order valence-corrected chi connectivity index (χ3v) is 2.41. The van der Waals surface area contributed by atoms with E-state index in [1.54, 1.807) is 27.7 Å². The number of halogens is 1. The van der Waals surface area contributed by atoms with Crippen molar-refractivity contribution in [1.29, 1.82) is 0 Å². The van der Waals surface area contributed by atoms with Crippen molar-refractivity contribution in [3.8, 4) is 0 Å². The summed E-state index contributed by atoms with van der Waals surface area (Å²) in [5.74, 6) is -0.625. The number of hydrogen-bond acceptors (Lipinski definition) is 4. The highest BCUT2D eigenvalue weighted by molar-refractivity contribution is 5.81. The molecule has 0 bridgehead atoms. The lowest BCUT2D eigenvalue weighted by Crippen LogP contribution is -2.61. The average molecular weight is 247 g/mol. The second-order valence-corrected chi connectivity index (χ2v) is 5.44. The third-order valence-electron chi connectivity index (χ3n) is 2.41. The van der Waals surface area contributed by atoms with Crippen molar-refractivity contribution in [1.82, 2.24) is 4.90 Å². The maximum atomic E-state index is 11.9. The van der Waals surface area contributed by atoms with Crippen LogP contribution < -0.4 is 0 Å². The molecule has 0 aromatic rings. The fourth-order valence-corrected chi connectivity index (χ4v) is 1.60. The SMILES string of the molecule is CC(C)(C)OC(=O)N1CC(C)(C(=O)OCF)C1. The van der Waals surface area contributed by atoms with E-state index in [2.05, 4.69) is 4.74 Å². The standard InChI is InChI=1S/C11H18FNO4/c1-10(2,3)17-9(15)13-5-11(4,6-13)8(14)16-7-12/h5-7H2,1-4H3. The summed E-state index contributed by atoms with van der Waals surface area (Å²) in [6.07, 6.45) is -0.469. The molecular weight excluding hydrogens is 229 g/mol. The van der Waals surface area contributed by atoms with Gasteiger partial charge in [0.05, 0.1) is 0 Å². The summed E-state index contributed by atoms with van der Waals surface area (Å²) >= 11 is 0. The zero-order valence-electron chi connectivity index (χ0n) is 10.6. The Morgan fingerprint density at radius 1 is 1.35 bits per heavy atom. The van der Waals surface area contributed by atoms with Crippen molar-refractivity contribution in [3.05, 3.63) is 0 Å². The molecule has 1 saturated heterocycles. The van der Waals surface area contributed by atoms with Gasteiger partial charge in [-0.15, -0.1) is 0 Å². The van der Waals surface area contributed by atoms with Crippen LogP contribution in [0.5, 0.6) is 0 Å². The molecule has 0 radical (unpaired) electrons. The van der Waals surface area contributed by atoms with Gasteiger partial charge in [-0.2, -0.15) is 0 Å². The Morgan fingerprint density at radius 2 is 1.88 bits per heavy atom. The first-order valence-corrected chi connectivity index (χ1v) is 5.39. The van der Waals surface area contributed by atoms with Crippen LogP contribution in [0.1, 0.15) is 27.7 Å². The van der Waals surface area contributed by atoms with E-state index >= 15 is 0 Å². The van der Waals surface area contributed by atoms with Crippen molar-refractivity contribution in [2.75, 3.05) is 20.0 Å². The molecule has 0 spiro atoms. The molecular formula is C11H18FNO4. The van der Waals surface area contributed by atoms with Crippen molar-refractivity contribution >= 4 is 12.1 Å². The molecule has 1 rings (SSSR count). The lowest BCUT2D eigenvalue weighted by molar-refractivity contribution is -0.168. The number of hydrogen-bond donors (Lipinski definition) is 0. The smallest absolute Gasteiger partial charge is 0.410 e. The Labute approximate surface area is 99.9 Å². The summed E-state index contributed by atoms with van der Waals surface area (Å²) in [5.41, 5.74) is -1.38. The molecule has 0 aliphatic carbocycles. The molecule has 1 amide bonds. The first-order chi connectivity index (χ1) is 7.68. The second kappa shape index (κ2) is 4.50. The molecule has 0 aromatic carbocycles. The van der Waals surface area contributed by atoms with Gasteiger partial charge in [0.2, 0.25) is 6.86 Å². The number of carbonyl (C=O) groups is 2. The Morgan fingerprint density at radius 3 is 2.29 bits per heavy atom. The van der Waals surface area contributed by atoms with Crippen LogP contribution in [-0.4, -0.2) is 42.5 Å². The van der Waals surface area contributed by atoms with Gasteiger partial charge in [0.15, 0.2) is 0 Å². The predicted octanol–water partition coefficient (Wildman–Crippen LogP) is 1.71. The maximum Gasteiger partial charge on any atom is 0.410 e. The number of carbonyl (C=O) groups excluding carboxylic acids is 2. The van der Waals surface area contributed by atoms with E-state index in [0.29, 0.717) is 0 Å². The Hall–Kier alpha value is -1.33. The van der Waals surface area contributed by atoms with Gasteiger partial charge < -0.3 is 14.4 Å². The highest BCUT2D eigenvalue weighted by atomic mass is 19.1. The van der Waals surface area contributed by atoms with E-state index < -0.39 is 29.9 Å². The minimum absolute atomic E-state index is 0.195. The van der Waals surface area contributed by atoms with Crippen molar-refractivity contribution in [2.45, 2.75) is 33.3 Å². The average Bonchev–Trinajstić information content (AvgIpc) is 2.10. The monoisotopic (exact) mass is 247 g/mol. The molecule has 1 heterocycles. The number of ether oxygens (including phenoxy) is 2. The molecule has 1 aliphatic rings. The number of likely N-dealkylation sites (tertiary alicyclic amines) is 1. The maximum absolute atomic E-state index is 11.9. The lowest BCUT2D eigenvalue weighted by atomic mass is 9.82. The number of alkyl halides is 1. The van der Waals surface area contributed by atoms with Gasteiger partial charge in [-0.05, 0) is 27.7 Å². The van der Waals surface area contributed by atoms with Crippen LogP contribution in [0.3, 0.4) is 0 Å². The van der Waals surface area contributed by atoms with Crippen LogP contribution in [0.2, 0.25) is 0 Å². The largest absolute Gasteiger partial charge is 0.444 e. The predicted molar refractivity (Wildman–Crippen MR) is 58.0 cm³/mol. The van der Waals surface area contributed by atoms with Crippen molar-refractivity contribution < 1.29 is 23.5 Å². The molecule has 0 aromatic heterocycles. The first kappa shape index (κ1) is 13.7. The molecule has 1 aliphatic heterocycles. The van der Waals surface area contributed by atoms with E-state index in [-0.39, 0.29) is 13.1 Å². The molecule has 17 heavy (non-hydrogen) atoms. The van der Waals surface area contributed by atoms with Gasteiger partial charge in [-0.1, -0.05) is 0 Å². The fourth-order valence-electron chi connectivity index (χ4n) is 1.60. The summed E-state index contributed by atoms with van der Waals surface area (Å²) in [6, 6.07) is 0. The van der Waals surface area contributed by atoms with Crippen LogP contribution in [0, 0.1) is 5.41 Å². The normalized spacial score (nSPS) is 18.3. The Bertz CT molecular complexity index is 318. The lowest BCUT2D eigenvalue weighted by Gasteiger charge is -2.45. The summed E-state index contributed by atoms with van der Waals surface area (Å²) in [6.45, 7) is 6.18. The fraction of sp³-hybridized carbons (Fsp3) is 0.818. The van der Waals surface area contributed by atoms with Gasteiger partial charge in [0, 0.05) is 13.1 Å². The van der Waals surface area contributed by atoms with Gasteiger partial charge in [-0.3, -0.25) is 4.79 Å². The zero-order chi connectivity index (χ0) is 13.3. The number of amides is 1. The topological polar surface area (TPSA) is 55.8 Å². The number of esters is 1. The van der Waals surface area contributed by atoms with Crippen LogP contribution in [0.15, 0.2) is 0 Å². The number of rotatable bonds is 2. The van der Waals surface area contributed by atoms with Crippen LogP contribution in [0.4, 0.5) is 9.18 Å². The van der Waals surface area contributed by atoms with Gasteiger partial charge in [0.1, 0.15) is 11.0 Å². The minimum Gasteiger partial charge on any atom is -0.444 e. The number of nitrogens with zero attached hydrogens (tertiary/aromatic N) is 1. The van der Waals surface area contributed by atoms with Crippen molar-refractivity contribution in [3.63, 3.8) is 0 Å². The molecule has 5 nitrogen and oxygen atoms in total. The molecule has 0 atom stereocenters. The molecule has 6 heteroatoms. The molecule has 0 N–H and O–H groups in total. The summed E-state index contributed by atoms with van der Waals surface area (Å²) in [5, 5.41) is 0. The van der Waals surface area contributed by atoms with Crippen LogP contribution in [0.25, 0.3) is 0 Å². The van der Waals surface area contributed by atoms with Crippen LogP contribution >= 0.6 is 0 Å². The van der Waals surface area contributed by atoms with E-state index in [4.69, 9.17) is 4.74 Å². The van der Waals surface area contributed by atoms with E-state index in [1.165, 1.54) is 4.90 Å². The van der Waals surface area contributed by atoms with Crippen molar-refractivity contribution in [2.24, 2.45) is 5.41 Å². The van der Waals surface area contributed by atoms with Gasteiger partial charge >= 0.3 is 12.1 Å². The molecule has 1 fully saturated rings. The highest BCUT2D eigenvalue weighted by Crippen LogP contribution is 2.32. The van der Waals surface area contributed by atoms with Gasteiger partial charge in [-0.25, -0.2) is 9.18 Å². The minimum atomic E-state index is -1.14. The van der Waals surface area contributed by atoms with E-state index in [1.807, 2.05) is 0 Å². The Kier molecular flexibility index (Phi) is 3.64. The second-order valence-electron chi connectivity index (χ2n) is 5.44. The third kappa shape index (κ3) is 3.31. The van der Waals surface area contributed by atoms with E-state index in [9.17, 15) is 14.0 Å². The quantitative estimate of drug-likeness (QED) is 0.697. The van der Waals surface area contributed by atoms with E-state index in [0.717, 1.165) is 0 Å². The van der Waals surface area contributed by atoms with Gasteiger partial charge in [0.25, 0.3) is 0 Å². The summed E-state index contributed by atoms with van der Waals surface area (Å²) < 4.78 is 21.3. The molecule has 98 valence electrons. The molecule has 0 unspecified atom stereocenters. The zero-order valence-corrected chi connectivity index (χ0v) is 10.6. The summed E-state index contributed by atoms with van der Waals surface area (Å²) in [4.78, 5) is 24.3. The Balaban J connectivity index is 2.45. The van der Waals surface area contributed by atoms with Crippen LogP contribution in [-0.2, 0) is 14.3 Å².